The molecule has 13 nitrogen and oxygen atoms in total. The molecule has 0 atom stereocenters. The first-order valence-corrected chi connectivity index (χ1v) is 15.1. The number of hydrogen-bond donors (Lipinski definition) is 1. The zero-order chi connectivity index (χ0) is 29.5. The van der Waals surface area contributed by atoms with Crippen molar-refractivity contribution in [3.8, 4) is 0 Å². The van der Waals surface area contributed by atoms with Gasteiger partial charge in [0.1, 0.15) is 24.7 Å². The Morgan fingerprint density at radius 3 is 1.49 bits per heavy atom. The van der Waals surface area contributed by atoms with Crippen LogP contribution in [0.1, 0.15) is 27.2 Å². The Labute approximate surface area is 262 Å². The van der Waals surface area contributed by atoms with E-state index in [2.05, 4.69) is 0 Å². The van der Waals surface area contributed by atoms with Crippen LogP contribution in [0, 0.1) is 11.6 Å². The van der Waals surface area contributed by atoms with Crippen LogP contribution in [0.4, 0.5) is 20.2 Å². The van der Waals surface area contributed by atoms with Crippen molar-refractivity contribution in [2.24, 2.45) is 0 Å². The Morgan fingerprint density at radius 2 is 1.14 bits per heavy atom. The van der Waals surface area contributed by atoms with Gasteiger partial charge < -0.3 is 15.3 Å². The summed E-state index contributed by atoms with van der Waals surface area (Å²) in [6.45, 7) is 1.97. The number of carboxylic acids is 1. The van der Waals surface area contributed by atoms with Gasteiger partial charge in [-0.2, -0.15) is 25.4 Å². The van der Waals surface area contributed by atoms with E-state index in [1.165, 1.54) is 52.8 Å². The van der Waals surface area contributed by atoms with Crippen molar-refractivity contribution in [2.75, 3.05) is 54.5 Å². The predicted octanol–water partition coefficient (Wildman–Crippen LogP) is -0.724. The van der Waals surface area contributed by atoms with Crippen molar-refractivity contribution in [3.63, 3.8) is 0 Å². The van der Waals surface area contributed by atoms with E-state index in [0.717, 1.165) is 12.9 Å². The molecule has 18 heteroatoms. The van der Waals surface area contributed by atoms with E-state index < -0.39 is 50.5 Å². The molecule has 2 heterocycles. The van der Waals surface area contributed by atoms with Crippen molar-refractivity contribution in [3.05, 3.63) is 60.2 Å². The van der Waals surface area contributed by atoms with E-state index in [1.54, 1.807) is 6.92 Å². The summed E-state index contributed by atoms with van der Waals surface area (Å²) in [6, 6.07) is 10.3. The van der Waals surface area contributed by atoms with E-state index >= 15 is 0 Å². The minimum atomic E-state index is -3.86. The Balaban J connectivity index is 0.000000770. The summed E-state index contributed by atoms with van der Waals surface area (Å²) in [7, 11) is -7.66. The van der Waals surface area contributed by atoms with Gasteiger partial charge >= 0.3 is 51.2 Å². The fraction of sp³-hybridized carbons (Fsp3) is 0.440. The Kier molecular flexibility index (Phi) is 16.4. The molecule has 2 fully saturated rings. The molecule has 43 heavy (non-hydrogen) atoms. The molecule has 0 spiro atoms. The summed E-state index contributed by atoms with van der Waals surface area (Å²) < 4.78 is 84.3. The van der Waals surface area contributed by atoms with Crippen LogP contribution in [0.15, 0.2) is 48.5 Å². The number of rotatable bonds is 7. The second-order valence-electron chi connectivity index (χ2n) is 8.69. The van der Waals surface area contributed by atoms with Gasteiger partial charge in [-0.1, -0.05) is 7.43 Å². The molecule has 236 valence electrons. The van der Waals surface area contributed by atoms with E-state index in [4.69, 9.17) is 9.84 Å². The topological polar surface area (TPSA) is 175 Å². The Bertz CT molecular complexity index is 1400. The van der Waals surface area contributed by atoms with Crippen molar-refractivity contribution >= 4 is 43.7 Å². The summed E-state index contributed by atoms with van der Waals surface area (Å²) in [4.78, 5) is 22.2. The van der Waals surface area contributed by atoms with Crippen LogP contribution >= 0.6 is 0 Å². The van der Waals surface area contributed by atoms with Crippen LogP contribution < -0.4 is 27.5 Å². The van der Waals surface area contributed by atoms with Crippen molar-refractivity contribution < 1.29 is 69.4 Å². The van der Waals surface area contributed by atoms with Gasteiger partial charge in [0.15, 0.2) is 0 Å². The maximum Gasteiger partial charge on any atom is 1.00 e. The third-order valence-corrected chi connectivity index (χ3v) is 9.73. The van der Waals surface area contributed by atoms with E-state index in [0.29, 0.717) is 30.8 Å². The van der Waals surface area contributed by atoms with Crippen LogP contribution in [0.3, 0.4) is 0 Å². The van der Waals surface area contributed by atoms with Crippen LogP contribution in [0.25, 0.3) is 0 Å². The van der Waals surface area contributed by atoms with Crippen molar-refractivity contribution in [2.45, 2.75) is 27.2 Å². The van der Waals surface area contributed by atoms with Crippen LogP contribution in [0.5, 0.6) is 0 Å². The molecule has 2 saturated heterocycles. The smallest absolute Gasteiger partial charge is 0.870 e. The number of carboxylic acid groups (broad SMARTS) is 1. The number of nitrogens with zero attached hydrogens (tertiary/aromatic N) is 4. The molecule has 0 amide bonds. The molecule has 0 aromatic heterocycles. The van der Waals surface area contributed by atoms with E-state index in [9.17, 15) is 35.2 Å². The Hall–Kier alpha value is -2.78. The first kappa shape index (κ1) is 40.2. The maximum atomic E-state index is 12.9. The van der Waals surface area contributed by atoms with Crippen LogP contribution in [-0.4, -0.2) is 93.8 Å². The molecule has 2 N–H and O–H groups in total. The zero-order valence-electron chi connectivity index (χ0n) is 23.1. The second-order valence-corrected chi connectivity index (χ2v) is 12.4. The van der Waals surface area contributed by atoms with Crippen molar-refractivity contribution in [1.82, 2.24) is 8.61 Å². The van der Waals surface area contributed by atoms with E-state index in [1.807, 2.05) is 0 Å². The quantitative estimate of drug-likeness (QED) is 0.301. The number of aliphatic carboxylic acids is 1. The predicted molar refractivity (Wildman–Crippen MR) is 151 cm³/mol. The van der Waals surface area contributed by atoms with Gasteiger partial charge in [0, 0.05) is 26.2 Å². The van der Waals surface area contributed by atoms with Gasteiger partial charge in [-0.05, 0) is 68.3 Å². The first-order chi connectivity index (χ1) is 18.9. The average molecular weight is 645 g/mol. The molecular formula is C25H35F2LiN4O9S2. The fourth-order valence-electron chi connectivity index (χ4n) is 4.08. The first-order valence-electron chi connectivity index (χ1n) is 12.3. The maximum absolute atomic E-state index is 12.9. The van der Waals surface area contributed by atoms with Gasteiger partial charge in [-0.3, -0.25) is 18.2 Å². The largest absolute Gasteiger partial charge is 1.00 e. The summed E-state index contributed by atoms with van der Waals surface area (Å²) >= 11 is 0. The SMILES string of the molecule is C.CCOC(=O)CN1CCCN(c2ccc(F)cc2)S1(=O)=O.O=C(O)CN1CCCN(c2ccc(F)cc2)S1(=O)=O.[Li+].[OH-]. The van der Waals surface area contributed by atoms with Gasteiger partial charge in [-0.25, -0.2) is 8.78 Å². The minimum absolute atomic E-state index is 0. The molecule has 0 unspecified atom stereocenters. The minimum Gasteiger partial charge on any atom is -0.870 e. The summed E-state index contributed by atoms with van der Waals surface area (Å²) in [5, 5.41) is 8.72. The fourth-order valence-corrected chi connectivity index (χ4v) is 7.40. The number of halogens is 2. The van der Waals surface area contributed by atoms with E-state index in [-0.39, 0.29) is 64.5 Å². The third kappa shape index (κ3) is 10.4. The summed E-state index contributed by atoms with van der Waals surface area (Å²) in [5.41, 5.74) is 0.710. The number of esters is 1. The zero-order valence-corrected chi connectivity index (χ0v) is 24.7. The Morgan fingerprint density at radius 1 is 0.767 bits per heavy atom. The number of hydrogen-bond acceptors (Lipinski definition) is 8. The summed E-state index contributed by atoms with van der Waals surface area (Å²) in [5.74, 6) is -2.68. The molecule has 2 aromatic carbocycles. The molecule has 2 aromatic rings. The monoisotopic (exact) mass is 644 g/mol. The third-order valence-electron chi connectivity index (χ3n) is 5.90. The van der Waals surface area contributed by atoms with Crippen molar-refractivity contribution in [1.29, 1.82) is 0 Å². The van der Waals surface area contributed by atoms with Gasteiger partial charge in [0.25, 0.3) is 0 Å². The van der Waals surface area contributed by atoms with Gasteiger partial charge in [0.05, 0.1) is 18.0 Å². The molecule has 0 bridgehead atoms. The van der Waals surface area contributed by atoms with Gasteiger partial charge in [-0.15, -0.1) is 0 Å². The molecule has 0 aliphatic carbocycles. The van der Waals surface area contributed by atoms with Crippen LogP contribution in [-0.2, 0) is 34.7 Å². The number of ether oxygens (including phenoxy) is 1. The molecule has 0 saturated carbocycles. The molecule has 0 radical (unpaired) electrons. The molecule has 4 rings (SSSR count). The number of benzene rings is 2. The number of carbonyl (C=O) groups excluding carboxylic acids is 1. The van der Waals surface area contributed by atoms with Crippen LogP contribution in [0.2, 0.25) is 0 Å². The number of anilines is 2. The normalized spacial score (nSPS) is 17.6. The molecule has 2 aliphatic heterocycles. The number of carbonyl (C=O) groups is 2. The van der Waals surface area contributed by atoms with Gasteiger partial charge in [0.2, 0.25) is 0 Å². The summed E-state index contributed by atoms with van der Waals surface area (Å²) in [6.07, 6.45) is 1.10. The average Bonchev–Trinajstić information content (AvgIpc) is 2.88. The molecule has 2 aliphatic rings. The molecular weight excluding hydrogens is 609 g/mol. The second kappa shape index (κ2) is 17.5. The standard InChI is InChI=1S/C13H17FN2O4S.C11H13FN2O4S.CH4.Li.H2O/c1-2-20-13(17)10-15-8-3-9-16(21(15,18)19)12-6-4-11(14)5-7-12;12-9-2-4-10(5-3-9)14-7-1-6-13(8-11(15)16)19(14,17)18;;;/h4-7H,2-3,8-10H2,1H3;2-5H,1,6-8H2,(H,15,16);1H4;;1H2/q;;;+1;/p-1.